The molecule has 0 saturated carbocycles. The lowest BCUT2D eigenvalue weighted by Crippen LogP contribution is -3.11. The fraction of sp³-hybridized carbons (Fsp3) is 0.143. The minimum Gasteiger partial charge on any atom is -0.613 e. The van der Waals surface area contributed by atoms with Crippen LogP contribution in [0.1, 0.15) is 5.56 Å². The molecule has 0 aliphatic heterocycles. The normalized spacial score (nSPS) is 15.3. The quantitative estimate of drug-likeness (QED) is 0.334. The minimum atomic E-state index is -2.01. The lowest BCUT2D eigenvalue weighted by atomic mass is 10.2. The molecule has 4 N–H and O–H groups in total. The minimum absolute atomic E-state index is 0.0883. The molecule has 0 radical (unpaired) electrons. The van der Waals surface area contributed by atoms with Crippen LogP contribution in [0.25, 0.3) is 0 Å². The van der Waals surface area contributed by atoms with Crippen LogP contribution in [0.2, 0.25) is 0 Å². The Morgan fingerprint density at radius 2 is 2.31 bits per heavy atom. The Balaban J connectivity index is 2.85. The van der Waals surface area contributed by atoms with Gasteiger partial charge in [0.1, 0.15) is 6.54 Å². The molecule has 72 valence electrons. The van der Waals surface area contributed by atoms with Crippen molar-refractivity contribution >= 4 is 11.1 Å². The molecule has 1 aromatic rings. The lowest BCUT2D eigenvalue weighted by molar-refractivity contribution is -0.875. The number of nitrogens with two attached hydrogens (primary N) is 1. The summed E-state index contributed by atoms with van der Waals surface area (Å²) >= 11 is -2.01. The number of benzene rings is 1. The molecule has 1 rings (SSSR count). The number of hydrogen-bond donors (Lipinski definition) is 3. The van der Waals surface area contributed by atoms with E-state index in [1.807, 2.05) is 0 Å². The number of rotatable bonds is 3. The fourth-order valence-electron chi connectivity index (χ4n) is 0.965. The molecule has 5 nitrogen and oxygen atoms in total. The average Bonchev–Trinajstić information content (AvgIpc) is 2.03. The zero-order chi connectivity index (χ0) is 9.84. The van der Waals surface area contributed by atoms with E-state index in [4.69, 9.17) is 10.4 Å². The van der Waals surface area contributed by atoms with Crippen molar-refractivity contribution in [3.05, 3.63) is 35.0 Å². The van der Waals surface area contributed by atoms with Gasteiger partial charge in [0.2, 0.25) is 0 Å². The molecule has 0 fully saturated rings. The summed E-state index contributed by atoms with van der Waals surface area (Å²) in [6.07, 6.45) is 0. The maximum absolute atomic E-state index is 10.6. The number of nitrogens with one attached hydrogen (secondary N) is 1. The first-order chi connectivity index (χ1) is 6.09. The van der Waals surface area contributed by atoms with Crippen molar-refractivity contribution in [3.63, 3.8) is 0 Å². The first kappa shape index (κ1) is 10.3. The maximum atomic E-state index is 10.6. The Hall–Kier alpha value is -0.790. The van der Waals surface area contributed by atoms with Gasteiger partial charge in [-0.15, -0.1) is 0 Å². The molecule has 2 unspecified atom stereocenters. The van der Waals surface area contributed by atoms with Crippen molar-refractivity contribution in [2.75, 3.05) is 0 Å². The van der Waals surface area contributed by atoms with Crippen LogP contribution in [0.4, 0.5) is 0 Å². The molecular formula is C7H10N2O3S. The molecule has 0 aromatic heterocycles. The number of quaternary nitrogens is 1. The first-order valence-corrected chi connectivity index (χ1v) is 4.68. The highest BCUT2D eigenvalue weighted by atomic mass is 32.2. The summed E-state index contributed by atoms with van der Waals surface area (Å²) in [6.45, 7) is 0.0883. The zero-order valence-electron chi connectivity index (χ0n) is 6.77. The van der Waals surface area contributed by atoms with Crippen LogP contribution in [-0.2, 0) is 17.6 Å². The Kier molecular flexibility index (Phi) is 3.52. The van der Waals surface area contributed by atoms with E-state index < -0.39 is 16.3 Å². The first-order valence-electron chi connectivity index (χ1n) is 3.57. The van der Waals surface area contributed by atoms with Gasteiger partial charge in [-0.25, -0.2) is 4.21 Å². The molecule has 0 heterocycles. The Morgan fingerprint density at radius 1 is 1.62 bits per heavy atom. The second-order valence-corrected chi connectivity index (χ2v) is 3.51. The van der Waals surface area contributed by atoms with E-state index in [1.54, 1.807) is 12.1 Å². The molecule has 13 heavy (non-hydrogen) atoms. The third-order valence-electron chi connectivity index (χ3n) is 1.48. The molecule has 0 amide bonds. The highest BCUT2D eigenvalue weighted by molar-refractivity contribution is 7.79. The van der Waals surface area contributed by atoms with Gasteiger partial charge >= 0.3 is 0 Å². The lowest BCUT2D eigenvalue weighted by Gasteiger charge is -2.14. The summed E-state index contributed by atoms with van der Waals surface area (Å²) in [5.74, 6) is 4.97. The van der Waals surface area contributed by atoms with Crippen molar-refractivity contribution in [1.29, 1.82) is 0 Å². The van der Waals surface area contributed by atoms with E-state index in [9.17, 15) is 9.42 Å². The van der Waals surface area contributed by atoms with Gasteiger partial charge in [-0.3, -0.25) is 5.17 Å². The Morgan fingerprint density at radius 3 is 2.85 bits per heavy atom. The van der Waals surface area contributed by atoms with Crippen LogP contribution >= 0.6 is 0 Å². The highest BCUT2D eigenvalue weighted by Gasteiger charge is 2.02. The molecule has 6 heteroatoms. The van der Waals surface area contributed by atoms with Crippen LogP contribution in [0.5, 0.6) is 0 Å². The topological polar surface area (TPSA) is 90.8 Å². The van der Waals surface area contributed by atoms with Gasteiger partial charge in [-0.05, 0) is 12.1 Å². The number of hydrogen-bond acceptors (Lipinski definition) is 3. The summed E-state index contributed by atoms with van der Waals surface area (Å²) in [5, 5.41) is 10.1. The van der Waals surface area contributed by atoms with E-state index in [0.717, 1.165) is 0 Å². The third kappa shape index (κ3) is 3.21. The van der Waals surface area contributed by atoms with Crippen molar-refractivity contribution in [2.24, 2.45) is 5.84 Å². The molecule has 1 aromatic carbocycles. The van der Waals surface area contributed by atoms with Crippen LogP contribution in [0.3, 0.4) is 0 Å². The predicted molar refractivity (Wildman–Crippen MR) is 47.7 cm³/mol. The molecule has 0 spiro atoms. The molecular weight excluding hydrogens is 192 g/mol. The Bertz CT molecular complexity index is 316. The van der Waals surface area contributed by atoms with E-state index in [0.29, 0.717) is 5.56 Å². The summed E-state index contributed by atoms with van der Waals surface area (Å²) in [7, 11) is 0. The van der Waals surface area contributed by atoms with Crippen LogP contribution in [-0.4, -0.2) is 8.76 Å². The van der Waals surface area contributed by atoms with Crippen molar-refractivity contribution < 1.29 is 13.9 Å². The SMILES string of the molecule is N[NH+]([O-])Cc1cccc(S(=O)O)c1. The summed E-state index contributed by atoms with van der Waals surface area (Å²) < 4.78 is 19.4. The van der Waals surface area contributed by atoms with Crippen LogP contribution in [0, 0.1) is 5.21 Å². The average molecular weight is 202 g/mol. The van der Waals surface area contributed by atoms with E-state index >= 15 is 0 Å². The van der Waals surface area contributed by atoms with Gasteiger partial charge in [0, 0.05) is 5.56 Å². The van der Waals surface area contributed by atoms with E-state index in [1.165, 1.54) is 12.1 Å². The fourth-order valence-corrected chi connectivity index (χ4v) is 1.41. The number of hydroxylamine groups is 1. The van der Waals surface area contributed by atoms with E-state index in [-0.39, 0.29) is 11.4 Å². The zero-order valence-corrected chi connectivity index (χ0v) is 7.58. The third-order valence-corrected chi connectivity index (χ3v) is 2.14. The van der Waals surface area contributed by atoms with Crippen LogP contribution in [0.15, 0.2) is 29.2 Å². The molecule has 0 aliphatic rings. The predicted octanol–water partition coefficient (Wildman–Crippen LogP) is -0.976. The van der Waals surface area contributed by atoms with Gasteiger partial charge in [-0.1, -0.05) is 12.1 Å². The smallest absolute Gasteiger partial charge is 0.186 e. The molecule has 0 aliphatic carbocycles. The van der Waals surface area contributed by atoms with Gasteiger partial charge in [-0.2, -0.15) is 5.84 Å². The van der Waals surface area contributed by atoms with Crippen molar-refractivity contribution in [2.45, 2.75) is 11.4 Å². The monoisotopic (exact) mass is 202 g/mol. The second-order valence-electron chi connectivity index (χ2n) is 2.54. The summed E-state index contributed by atoms with van der Waals surface area (Å²) in [6, 6.07) is 6.30. The standard InChI is InChI=1S/C7H10N2O3S/c8-9(10)5-6-2-1-3-7(4-6)13(11)12/h1-4,9H,5,8H2,(H,11,12). The van der Waals surface area contributed by atoms with Gasteiger partial charge in [0.25, 0.3) is 0 Å². The van der Waals surface area contributed by atoms with E-state index in [2.05, 4.69) is 0 Å². The maximum Gasteiger partial charge on any atom is 0.186 e. The largest absolute Gasteiger partial charge is 0.613 e. The Labute approximate surface area is 78.0 Å². The van der Waals surface area contributed by atoms with Crippen molar-refractivity contribution in [3.8, 4) is 0 Å². The van der Waals surface area contributed by atoms with Gasteiger partial charge < -0.3 is 9.76 Å². The van der Waals surface area contributed by atoms with Crippen LogP contribution < -0.4 is 11.0 Å². The summed E-state index contributed by atoms with van der Waals surface area (Å²) in [5.41, 5.74) is 0.646. The molecule has 2 atom stereocenters. The summed E-state index contributed by atoms with van der Waals surface area (Å²) in [4.78, 5) is 0.277. The van der Waals surface area contributed by atoms with Gasteiger partial charge in [0.15, 0.2) is 11.1 Å². The van der Waals surface area contributed by atoms with Gasteiger partial charge in [0.05, 0.1) is 4.90 Å². The van der Waals surface area contributed by atoms with Crippen molar-refractivity contribution in [1.82, 2.24) is 0 Å². The molecule has 0 bridgehead atoms. The second kappa shape index (κ2) is 4.45. The molecule has 0 saturated heterocycles. The highest BCUT2D eigenvalue weighted by Crippen LogP contribution is 2.07.